The highest BCUT2D eigenvalue weighted by Crippen LogP contribution is 2.30. The Labute approximate surface area is 126 Å². The Hall–Kier alpha value is -1.78. The number of rotatable bonds is 4. The number of halogens is 2. The van der Waals surface area contributed by atoms with Gasteiger partial charge in [0.25, 0.3) is 0 Å². The average Bonchev–Trinajstić information content (AvgIpc) is 2.89. The van der Waals surface area contributed by atoms with Gasteiger partial charge >= 0.3 is 0 Å². The Kier molecular flexibility index (Phi) is 3.99. The molecule has 0 saturated carbocycles. The molecule has 1 unspecified atom stereocenters. The van der Waals surface area contributed by atoms with Crippen molar-refractivity contribution in [2.24, 2.45) is 0 Å². The maximum absolute atomic E-state index is 14.0. The lowest BCUT2D eigenvalue weighted by atomic mass is 9.98. The molecule has 21 heavy (non-hydrogen) atoms. The van der Waals surface area contributed by atoms with E-state index in [2.05, 4.69) is 22.8 Å². The average molecular weight is 303 g/mol. The summed E-state index contributed by atoms with van der Waals surface area (Å²) in [5, 5.41) is 6.43. The van der Waals surface area contributed by atoms with E-state index in [1.807, 2.05) is 12.1 Å². The van der Waals surface area contributed by atoms with Gasteiger partial charge in [0.15, 0.2) is 0 Å². The number of likely N-dealkylation sites (N-methyl/N-ethyl adjacent to an activating group) is 1. The number of thiophene rings is 1. The fourth-order valence-electron chi connectivity index (χ4n) is 2.56. The predicted molar refractivity (Wildman–Crippen MR) is 83.7 cm³/mol. The summed E-state index contributed by atoms with van der Waals surface area (Å²) in [4.78, 5) is 0. The van der Waals surface area contributed by atoms with Crippen molar-refractivity contribution < 1.29 is 8.78 Å². The molecule has 1 aromatic heterocycles. The van der Waals surface area contributed by atoms with Crippen LogP contribution in [0.5, 0.6) is 0 Å². The van der Waals surface area contributed by atoms with Gasteiger partial charge in [0.05, 0.1) is 0 Å². The van der Waals surface area contributed by atoms with Crippen molar-refractivity contribution in [2.75, 3.05) is 7.05 Å². The molecule has 0 fully saturated rings. The van der Waals surface area contributed by atoms with Crippen molar-refractivity contribution in [2.45, 2.75) is 12.5 Å². The Morgan fingerprint density at radius 1 is 1.14 bits per heavy atom. The minimum absolute atomic E-state index is 0.177. The van der Waals surface area contributed by atoms with Gasteiger partial charge in [-0.05, 0) is 41.9 Å². The molecule has 1 heterocycles. The van der Waals surface area contributed by atoms with Gasteiger partial charge in [0.2, 0.25) is 0 Å². The number of hydrogen-bond acceptors (Lipinski definition) is 2. The molecular weight excluding hydrogens is 288 g/mol. The zero-order chi connectivity index (χ0) is 14.8. The molecule has 0 radical (unpaired) electrons. The van der Waals surface area contributed by atoms with E-state index in [1.54, 1.807) is 18.4 Å². The highest BCUT2D eigenvalue weighted by Gasteiger charge is 2.17. The fraction of sp³-hybridized carbons (Fsp3) is 0.176. The van der Waals surface area contributed by atoms with Crippen LogP contribution in [-0.4, -0.2) is 7.05 Å². The molecule has 0 spiro atoms. The molecule has 4 heteroatoms. The summed E-state index contributed by atoms with van der Waals surface area (Å²) >= 11 is 1.69. The lowest BCUT2D eigenvalue weighted by molar-refractivity contribution is 0.522. The molecule has 0 bridgehead atoms. The van der Waals surface area contributed by atoms with Crippen LogP contribution in [0.4, 0.5) is 8.78 Å². The summed E-state index contributed by atoms with van der Waals surface area (Å²) in [6.45, 7) is 0. The third-order valence-corrected chi connectivity index (χ3v) is 4.68. The quantitative estimate of drug-likeness (QED) is 0.738. The number of nitrogens with one attached hydrogen (secondary N) is 1. The smallest absolute Gasteiger partial charge is 0.130 e. The van der Waals surface area contributed by atoms with Crippen LogP contribution < -0.4 is 5.32 Å². The van der Waals surface area contributed by atoms with E-state index < -0.39 is 11.6 Å². The molecule has 0 aliphatic heterocycles. The van der Waals surface area contributed by atoms with Crippen LogP contribution in [0, 0.1) is 11.6 Å². The summed E-state index contributed by atoms with van der Waals surface area (Å²) in [6.07, 6.45) is 0.670. The molecule has 1 N–H and O–H groups in total. The van der Waals surface area contributed by atoms with Crippen LogP contribution in [0.2, 0.25) is 0 Å². The molecule has 1 atom stereocenters. The third-order valence-electron chi connectivity index (χ3n) is 3.67. The zero-order valence-corrected chi connectivity index (χ0v) is 12.4. The minimum atomic E-state index is -0.549. The molecule has 0 aliphatic rings. The fourth-order valence-corrected chi connectivity index (χ4v) is 3.54. The number of benzene rings is 2. The Morgan fingerprint density at radius 3 is 2.71 bits per heavy atom. The summed E-state index contributed by atoms with van der Waals surface area (Å²) in [5.74, 6) is -1.05. The van der Waals surface area contributed by atoms with Crippen molar-refractivity contribution in [1.82, 2.24) is 5.32 Å². The van der Waals surface area contributed by atoms with Gasteiger partial charge in [-0.15, -0.1) is 11.3 Å². The van der Waals surface area contributed by atoms with Crippen LogP contribution in [0.3, 0.4) is 0 Å². The van der Waals surface area contributed by atoms with Crippen molar-refractivity contribution in [3.63, 3.8) is 0 Å². The van der Waals surface area contributed by atoms with Crippen LogP contribution in [0.15, 0.2) is 47.8 Å². The topological polar surface area (TPSA) is 12.0 Å². The monoisotopic (exact) mass is 303 g/mol. The van der Waals surface area contributed by atoms with Crippen molar-refractivity contribution >= 4 is 21.4 Å². The van der Waals surface area contributed by atoms with Gasteiger partial charge in [0, 0.05) is 22.4 Å². The van der Waals surface area contributed by atoms with Gasteiger partial charge in [-0.3, -0.25) is 0 Å². The minimum Gasteiger partial charge on any atom is -0.313 e. The standard InChI is InChI=1S/C17H15F2NS/c1-20-16(14-7-6-12(18)9-15(14)19)8-11-10-21-17-5-3-2-4-13(11)17/h2-7,9-10,16,20H,8H2,1H3. The van der Waals surface area contributed by atoms with E-state index in [1.165, 1.54) is 27.8 Å². The van der Waals surface area contributed by atoms with Crippen molar-refractivity contribution in [3.8, 4) is 0 Å². The maximum atomic E-state index is 14.0. The summed E-state index contributed by atoms with van der Waals surface area (Å²) in [7, 11) is 1.79. The molecule has 108 valence electrons. The first-order chi connectivity index (χ1) is 10.2. The van der Waals surface area contributed by atoms with E-state index in [9.17, 15) is 8.78 Å². The number of hydrogen-bond donors (Lipinski definition) is 1. The second-order valence-corrected chi connectivity index (χ2v) is 5.88. The van der Waals surface area contributed by atoms with Crippen LogP contribution >= 0.6 is 11.3 Å². The van der Waals surface area contributed by atoms with Crippen molar-refractivity contribution in [1.29, 1.82) is 0 Å². The largest absolute Gasteiger partial charge is 0.313 e. The van der Waals surface area contributed by atoms with Gasteiger partial charge in [0.1, 0.15) is 11.6 Å². The summed E-state index contributed by atoms with van der Waals surface area (Å²) in [5.41, 5.74) is 1.67. The first-order valence-corrected chi connectivity index (χ1v) is 7.64. The molecule has 3 aromatic rings. The summed E-state index contributed by atoms with van der Waals surface area (Å²) in [6, 6.07) is 11.7. The lowest BCUT2D eigenvalue weighted by Crippen LogP contribution is -2.20. The zero-order valence-electron chi connectivity index (χ0n) is 11.6. The Bertz CT molecular complexity index is 766. The van der Waals surface area contributed by atoms with Crippen LogP contribution in [0.25, 0.3) is 10.1 Å². The Morgan fingerprint density at radius 2 is 1.95 bits per heavy atom. The molecular formula is C17H15F2NS. The predicted octanol–water partition coefficient (Wildman–Crippen LogP) is 4.68. The molecule has 0 saturated heterocycles. The first kappa shape index (κ1) is 14.2. The van der Waals surface area contributed by atoms with Crippen molar-refractivity contribution in [3.05, 3.63) is 70.6 Å². The van der Waals surface area contributed by atoms with Crippen LogP contribution in [-0.2, 0) is 6.42 Å². The van der Waals surface area contributed by atoms with E-state index in [4.69, 9.17) is 0 Å². The Balaban J connectivity index is 1.94. The normalized spacial score (nSPS) is 12.7. The SMILES string of the molecule is CNC(Cc1csc2ccccc12)c1ccc(F)cc1F. The highest BCUT2D eigenvalue weighted by molar-refractivity contribution is 7.17. The molecule has 2 aromatic carbocycles. The lowest BCUT2D eigenvalue weighted by Gasteiger charge is -2.17. The molecule has 0 aliphatic carbocycles. The van der Waals surface area contributed by atoms with E-state index in [0.29, 0.717) is 12.0 Å². The molecule has 0 amide bonds. The molecule has 3 rings (SSSR count). The maximum Gasteiger partial charge on any atom is 0.130 e. The van der Waals surface area contributed by atoms with E-state index >= 15 is 0 Å². The van der Waals surface area contributed by atoms with E-state index in [0.717, 1.165) is 6.07 Å². The first-order valence-electron chi connectivity index (χ1n) is 6.76. The second kappa shape index (κ2) is 5.92. The van der Waals surface area contributed by atoms with Gasteiger partial charge in [-0.2, -0.15) is 0 Å². The van der Waals surface area contributed by atoms with E-state index in [-0.39, 0.29) is 6.04 Å². The second-order valence-electron chi connectivity index (χ2n) is 4.97. The van der Waals surface area contributed by atoms with Gasteiger partial charge in [-0.25, -0.2) is 8.78 Å². The van der Waals surface area contributed by atoms with Gasteiger partial charge < -0.3 is 5.32 Å². The third kappa shape index (κ3) is 2.82. The number of fused-ring (bicyclic) bond motifs is 1. The summed E-state index contributed by atoms with van der Waals surface area (Å²) < 4.78 is 28.2. The van der Waals surface area contributed by atoms with Crippen LogP contribution in [0.1, 0.15) is 17.2 Å². The highest BCUT2D eigenvalue weighted by atomic mass is 32.1. The van der Waals surface area contributed by atoms with Gasteiger partial charge in [-0.1, -0.05) is 24.3 Å². The molecule has 1 nitrogen and oxygen atoms in total.